The lowest BCUT2D eigenvalue weighted by molar-refractivity contribution is 0.162. The van der Waals surface area contributed by atoms with E-state index in [2.05, 4.69) is 5.32 Å². The van der Waals surface area contributed by atoms with E-state index in [0.29, 0.717) is 6.61 Å². The van der Waals surface area contributed by atoms with Crippen LogP contribution in [0.3, 0.4) is 0 Å². The average Bonchev–Trinajstić information content (AvgIpc) is 2.63. The summed E-state index contributed by atoms with van der Waals surface area (Å²) in [6, 6.07) is 4.00. The van der Waals surface area contributed by atoms with Gasteiger partial charge < -0.3 is 14.5 Å². The maximum atomic E-state index is 5.58. The number of hydrogen-bond acceptors (Lipinski definition) is 3. The molecule has 1 saturated carbocycles. The molecule has 0 radical (unpaired) electrons. The smallest absolute Gasteiger partial charge is 0.129 e. The Morgan fingerprint density at radius 3 is 2.88 bits per heavy atom. The molecule has 0 bridgehead atoms. The van der Waals surface area contributed by atoms with Crippen LogP contribution < -0.4 is 5.32 Å². The van der Waals surface area contributed by atoms with Gasteiger partial charge in [0.2, 0.25) is 0 Å². The predicted octanol–water partition coefficient (Wildman–Crippen LogP) is 2.71. The maximum absolute atomic E-state index is 5.58. The van der Waals surface area contributed by atoms with Crippen LogP contribution in [0.4, 0.5) is 0 Å². The van der Waals surface area contributed by atoms with E-state index in [1.807, 2.05) is 12.1 Å². The fraction of sp³-hybridized carbons (Fsp3) is 0.692. The summed E-state index contributed by atoms with van der Waals surface area (Å²) in [5, 5.41) is 3.42. The zero-order valence-electron chi connectivity index (χ0n) is 10.00. The van der Waals surface area contributed by atoms with Crippen molar-refractivity contribution in [2.45, 2.75) is 38.8 Å². The van der Waals surface area contributed by atoms with Gasteiger partial charge in [-0.1, -0.05) is 19.3 Å². The molecule has 2 rings (SSSR count). The van der Waals surface area contributed by atoms with Crippen molar-refractivity contribution in [3.8, 4) is 0 Å². The van der Waals surface area contributed by atoms with Crippen molar-refractivity contribution in [2.24, 2.45) is 5.92 Å². The van der Waals surface area contributed by atoms with Crippen molar-refractivity contribution >= 4 is 0 Å². The second-order valence-corrected chi connectivity index (χ2v) is 4.56. The minimum atomic E-state index is 0.558. The summed E-state index contributed by atoms with van der Waals surface area (Å²) in [7, 11) is 1.68. The number of rotatable bonds is 7. The summed E-state index contributed by atoms with van der Waals surface area (Å²) in [5.41, 5.74) is 0. The molecule has 0 unspecified atom stereocenters. The standard InChI is InChI=1S/C13H21NO2/c1-15-10-13-6-5-12(16-13)9-14-8-7-11-3-2-4-11/h5-6,11,14H,2-4,7-10H2,1H3. The van der Waals surface area contributed by atoms with E-state index in [4.69, 9.17) is 9.15 Å². The second-order valence-electron chi connectivity index (χ2n) is 4.56. The van der Waals surface area contributed by atoms with Crippen molar-refractivity contribution in [3.05, 3.63) is 23.7 Å². The SMILES string of the molecule is COCc1ccc(CNCCC2CCC2)o1. The summed E-state index contributed by atoms with van der Waals surface area (Å²) in [6.07, 6.45) is 5.61. The fourth-order valence-electron chi connectivity index (χ4n) is 2.04. The van der Waals surface area contributed by atoms with Gasteiger partial charge in [0.05, 0.1) is 6.54 Å². The highest BCUT2D eigenvalue weighted by molar-refractivity contribution is 5.06. The Morgan fingerprint density at radius 2 is 2.19 bits per heavy atom. The zero-order chi connectivity index (χ0) is 11.2. The highest BCUT2D eigenvalue weighted by Gasteiger charge is 2.16. The molecule has 0 atom stereocenters. The van der Waals surface area contributed by atoms with Crippen LogP contribution in [0.15, 0.2) is 16.5 Å². The Morgan fingerprint density at radius 1 is 1.38 bits per heavy atom. The predicted molar refractivity (Wildman–Crippen MR) is 63.1 cm³/mol. The zero-order valence-corrected chi connectivity index (χ0v) is 10.00. The molecule has 3 nitrogen and oxygen atoms in total. The molecule has 1 heterocycles. The van der Waals surface area contributed by atoms with Gasteiger partial charge in [-0.25, -0.2) is 0 Å². The Balaban J connectivity index is 1.60. The molecule has 1 aromatic heterocycles. The van der Waals surface area contributed by atoms with Crippen LogP contribution in [0.5, 0.6) is 0 Å². The Kier molecular flexibility index (Phi) is 4.43. The molecule has 1 N–H and O–H groups in total. The molecule has 1 aliphatic carbocycles. The van der Waals surface area contributed by atoms with Gasteiger partial charge in [0, 0.05) is 7.11 Å². The highest BCUT2D eigenvalue weighted by atomic mass is 16.5. The van der Waals surface area contributed by atoms with Gasteiger partial charge in [-0.3, -0.25) is 0 Å². The fourth-order valence-corrected chi connectivity index (χ4v) is 2.04. The topological polar surface area (TPSA) is 34.4 Å². The molecule has 1 aliphatic rings. The Hall–Kier alpha value is -0.800. The molecule has 0 saturated heterocycles. The minimum Gasteiger partial charge on any atom is -0.462 e. The lowest BCUT2D eigenvalue weighted by atomic mass is 9.83. The van der Waals surface area contributed by atoms with Crippen LogP contribution in [0.25, 0.3) is 0 Å². The first-order valence-electron chi connectivity index (χ1n) is 6.15. The Bertz CT molecular complexity index is 305. The monoisotopic (exact) mass is 223 g/mol. The van der Waals surface area contributed by atoms with Crippen molar-refractivity contribution < 1.29 is 9.15 Å². The Labute approximate surface area is 97.2 Å². The van der Waals surface area contributed by atoms with E-state index in [1.165, 1.54) is 25.7 Å². The summed E-state index contributed by atoms with van der Waals surface area (Å²) >= 11 is 0. The summed E-state index contributed by atoms with van der Waals surface area (Å²) in [6.45, 7) is 2.49. The quantitative estimate of drug-likeness (QED) is 0.722. The first kappa shape index (κ1) is 11.7. The molecule has 0 amide bonds. The van der Waals surface area contributed by atoms with Gasteiger partial charge in [-0.2, -0.15) is 0 Å². The molecule has 90 valence electrons. The van der Waals surface area contributed by atoms with E-state index in [0.717, 1.165) is 30.5 Å². The third-order valence-electron chi connectivity index (χ3n) is 3.26. The molecule has 3 heteroatoms. The summed E-state index contributed by atoms with van der Waals surface area (Å²) in [5.74, 6) is 2.88. The van der Waals surface area contributed by atoms with E-state index in [1.54, 1.807) is 7.11 Å². The average molecular weight is 223 g/mol. The van der Waals surface area contributed by atoms with Crippen LogP contribution in [0.2, 0.25) is 0 Å². The normalized spacial score (nSPS) is 16.3. The minimum absolute atomic E-state index is 0.558. The number of ether oxygens (including phenoxy) is 1. The van der Waals surface area contributed by atoms with Crippen LogP contribution in [0, 0.1) is 5.92 Å². The molecule has 0 spiro atoms. The number of nitrogens with one attached hydrogen (secondary N) is 1. The third-order valence-corrected chi connectivity index (χ3v) is 3.26. The largest absolute Gasteiger partial charge is 0.462 e. The molecule has 0 aromatic carbocycles. The number of hydrogen-bond donors (Lipinski definition) is 1. The van der Waals surface area contributed by atoms with Crippen LogP contribution in [0.1, 0.15) is 37.2 Å². The molecule has 16 heavy (non-hydrogen) atoms. The van der Waals surface area contributed by atoms with Crippen LogP contribution in [-0.4, -0.2) is 13.7 Å². The van der Waals surface area contributed by atoms with Gasteiger partial charge >= 0.3 is 0 Å². The van der Waals surface area contributed by atoms with Gasteiger partial charge in [0.1, 0.15) is 18.1 Å². The molecule has 0 aliphatic heterocycles. The summed E-state index contributed by atoms with van der Waals surface area (Å²) < 4.78 is 10.6. The number of methoxy groups -OCH3 is 1. The third kappa shape index (κ3) is 3.35. The molecular formula is C13H21NO2. The van der Waals surface area contributed by atoms with Crippen molar-refractivity contribution in [1.29, 1.82) is 0 Å². The molecular weight excluding hydrogens is 202 g/mol. The van der Waals surface area contributed by atoms with Crippen molar-refractivity contribution in [2.75, 3.05) is 13.7 Å². The lowest BCUT2D eigenvalue weighted by Crippen LogP contribution is -2.20. The van der Waals surface area contributed by atoms with Crippen LogP contribution >= 0.6 is 0 Å². The van der Waals surface area contributed by atoms with Gasteiger partial charge in [-0.05, 0) is 31.0 Å². The van der Waals surface area contributed by atoms with Gasteiger partial charge in [0.15, 0.2) is 0 Å². The van der Waals surface area contributed by atoms with Crippen LogP contribution in [-0.2, 0) is 17.9 Å². The maximum Gasteiger partial charge on any atom is 0.129 e. The van der Waals surface area contributed by atoms with E-state index in [9.17, 15) is 0 Å². The van der Waals surface area contributed by atoms with Gasteiger partial charge in [-0.15, -0.1) is 0 Å². The van der Waals surface area contributed by atoms with E-state index >= 15 is 0 Å². The van der Waals surface area contributed by atoms with E-state index < -0.39 is 0 Å². The first-order chi connectivity index (χ1) is 7.88. The van der Waals surface area contributed by atoms with Gasteiger partial charge in [0.25, 0.3) is 0 Å². The second kappa shape index (κ2) is 6.06. The van der Waals surface area contributed by atoms with E-state index in [-0.39, 0.29) is 0 Å². The lowest BCUT2D eigenvalue weighted by Gasteiger charge is -2.25. The molecule has 1 aromatic rings. The van der Waals surface area contributed by atoms with Crippen molar-refractivity contribution in [1.82, 2.24) is 5.32 Å². The first-order valence-corrected chi connectivity index (χ1v) is 6.15. The molecule has 1 fully saturated rings. The van der Waals surface area contributed by atoms with Crippen molar-refractivity contribution in [3.63, 3.8) is 0 Å². The summed E-state index contributed by atoms with van der Waals surface area (Å²) in [4.78, 5) is 0. The number of furan rings is 1. The highest BCUT2D eigenvalue weighted by Crippen LogP contribution is 2.28.